The van der Waals surface area contributed by atoms with Crippen LogP contribution in [-0.2, 0) is 14.4 Å². The van der Waals surface area contributed by atoms with E-state index < -0.39 is 23.0 Å². The fraction of sp³-hybridized carbons (Fsp3) is 0.0769. The topological polar surface area (TPSA) is 80.8 Å². The number of ether oxygens (including phenoxy) is 1. The zero-order valence-electron chi connectivity index (χ0n) is 10.3. The zero-order chi connectivity index (χ0) is 14.9. The van der Waals surface area contributed by atoms with Crippen molar-refractivity contribution in [2.24, 2.45) is 0 Å². The molecule has 1 heterocycles. The first-order valence-electron chi connectivity index (χ1n) is 5.48. The van der Waals surface area contributed by atoms with Crippen molar-refractivity contribution >= 4 is 40.3 Å². The van der Waals surface area contributed by atoms with Crippen LogP contribution in [0.5, 0.6) is 5.75 Å². The highest BCUT2D eigenvalue weighted by molar-refractivity contribution is 6.68. The Bertz CT molecular complexity index is 647. The van der Waals surface area contributed by atoms with Gasteiger partial charge in [-0.1, -0.05) is 0 Å². The summed E-state index contributed by atoms with van der Waals surface area (Å²) in [6.45, 7) is 1.16. The molecule has 0 aliphatic carbocycles. The van der Waals surface area contributed by atoms with Crippen molar-refractivity contribution in [2.75, 3.05) is 4.90 Å². The Morgan fingerprint density at radius 3 is 2.25 bits per heavy atom. The second-order valence-corrected chi connectivity index (χ2v) is 4.24. The number of imide groups is 1. The van der Waals surface area contributed by atoms with Crippen molar-refractivity contribution in [3.63, 3.8) is 0 Å². The Morgan fingerprint density at radius 1 is 1.15 bits per heavy atom. The van der Waals surface area contributed by atoms with Crippen LogP contribution in [0.4, 0.5) is 5.69 Å². The largest absolute Gasteiger partial charge is 0.426 e. The van der Waals surface area contributed by atoms with Crippen LogP contribution in [0.25, 0.3) is 0 Å². The molecule has 0 bridgehead atoms. The first-order chi connectivity index (χ1) is 9.40. The minimum absolute atomic E-state index is 0.0299. The van der Waals surface area contributed by atoms with Gasteiger partial charge in [0.15, 0.2) is 0 Å². The molecule has 102 valence electrons. The third-order valence-electron chi connectivity index (χ3n) is 2.50. The fourth-order valence-corrected chi connectivity index (χ4v) is 1.86. The van der Waals surface area contributed by atoms with Crippen molar-refractivity contribution in [2.45, 2.75) is 6.92 Å². The van der Waals surface area contributed by atoms with E-state index in [1.54, 1.807) is 0 Å². The molecule has 6 nitrogen and oxygen atoms in total. The van der Waals surface area contributed by atoms with Gasteiger partial charge in [-0.25, -0.2) is 4.90 Å². The van der Waals surface area contributed by atoms with Crippen LogP contribution in [0.15, 0.2) is 30.4 Å². The van der Waals surface area contributed by atoms with Gasteiger partial charge in [0.1, 0.15) is 5.75 Å². The maximum Gasteiger partial charge on any atom is 0.308 e. The molecule has 0 unspecified atom stereocenters. The van der Waals surface area contributed by atoms with Crippen LogP contribution < -0.4 is 9.64 Å². The van der Waals surface area contributed by atoms with Gasteiger partial charge in [0.25, 0.3) is 17.1 Å². The second-order valence-electron chi connectivity index (χ2n) is 3.89. The molecular weight excluding hydrogens is 286 g/mol. The van der Waals surface area contributed by atoms with Gasteiger partial charge in [0, 0.05) is 25.1 Å². The number of carbonyl (C=O) groups excluding carboxylic acids is 4. The van der Waals surface area contributed by atoms with Crippen LogP contribution in [0.3, 0.4) is 0 Å². The summed E-state index contributed by atoms with van der Waals surface area (Å²) in [5.74, 6) is -1.80. The van der Waals surface area contributed by atoms with E-state index in [0.29, 0.717) is 0 Å². The molecule has 0 fully saturated rings. The van der Waals surface area contributed by atoms with E-state index in [4.69, 9.17) is 16.3 Å². The van der Waals surface area contributed by atoms with Crippen LogP contribution in [0, 0.1) is 0 Å². The highest BCUT2D eigenvalue weighted by Crippen LogP contribution is 2.29. The molecule has 2 rings (SSSR count). The fourth-order valence-electron chi connectivity index (χ4n) is 1.71. The number of anilines is 1. The molecule has 1 aromatic rings. The molecule has 0 saturated carbocycles. The molecule has 20 heavy (non-hydrogen) atoms. The van der Waals surface area contributed by atoms with Gasteiger partial charge in [-0.3, -0.25) is 19.2 Å². The number of carbonyl (C=O) groups is 4. The van der Waals surface area contributed by atoms with Gasteiger partial charge in [-0.2, -0.15) is 0 Å². The third-order valence-corrected chi connectivity index (χ3v) is 2.70. The smallest absolute Gasteiger partial charge is 0.308 e. The number of benzene rings is 1. The van der Waals surface area contributed by atoms with E-state index in [0.717, 1.165) is 24.0 Å². The quantitative estimate of drug-likeness (QED) is 0.364. The summed E-state index contributed by atoms with van der Waals surface area (Å²) in [5.41, 5.74) is 0.153. The molecule has 1 aliphatic rings. The highest BCUT2D eigenvalue weighted by atomic mass is 35.5. The van der Waals surface area contributed by atoms with E-state index >= 15 is 0 Å². The van der Waals surface area contributed by atoms with E-state index in [9.17, 15) is 19.2 Å². The molecule has 0 N–H and O–H groups in total. The summed E-state index contributed by atoms with van der Waals surface area (Å²) in [6.07, 6.45) is 2.24. The van der Waals surface area contributed by atoms with Crippen molar-refractivity contribution in [1.29, 1.82) is 0 Å². The van der Waals surface area contributed by atoms with Crippen LogP contribution in [0.2, 0.25) is 0 Å². The lowest BCUT2D eigenvalue weighted by Gasteiger charge is -2.15. The lowest BCUT2D eigenvalue weighted by molar-refractivity contribution is -0.131. The Kier molecular flexibility index (Phi) is 3.67. The average molecular weight is 294 g/mol. The summed E-state index contributed by atoms with van der Waals surface area (Å²) in [6, 6.07) is 3.88. The van der Waals surface area contributed by atoms with Gasteiger partial charge >= 0.3 is 5.97 Å². The number of hydrogen-bond donors (Lipinski definition) is 0. The number of hydrogen-bond acceptors (Lipinski definition) is 5. The van der Waals surface area contributed by atoms with Crippen LogP contribution >= 0.6 is 11.6 Å². The highest BCUT2D eigenvalue weighted by Gasteiger charge is 2.26. The van der Waals surface area contributed by atoms with Gasteiger partial charge < -0.3 is 4.74 Å². The van der Waals surface area contributed by atoms with E-state index in [1.807, 2.05) is 0 Å². The molecule has 0 aromatic heterocycles. The molecule has 2 amide bonds. The predicted octanol–water partition coefficient (Wildman–Crippen LogP) is 1.42. The monoisotopic (exact) mass is 293 g/mol. The Morgan fingerprint density at radius 2 is 1.75 bits per heavy atom. The summed E-state index contributed by atoms with van der Waals surface area (Å²) in [7, 11) is 0. The molecule has 0 spiro atoms. The first kappa shape index (κ1) is 14.0. The first-order valence-corrected chi connectivity index (χ1v) is 5.86. The minimum atomic E-state index is -0.815. The maximum absolute atomic E-state index is 11.6. The Hall–Kier alpha value is -2.47. The molecule has 7 heteroatoms. The third kappa shape index (κ3) is 2.60. The van der Waals surface area contributed by atoms with Gasteiger partial charge in [0.2, 0.25) is 0 Å². The SMILES string of the molecule is CC(=O)Oc1cc(N2C(=O)C=CC2=O)ccc1C(=O)Cl. The van der Waals surface area contributed by atoms with Crippen molar-refractivity contribution in [3.8, 4) is 5.75 Å². The Balaban J connectivity index is 2.47. The number of esters is 1. The molecule has 1 aromatic carbocycles. The molecule has 1 aliphatic heterocycles. The van der Waals surface area contributed by atoms with Crippen molar-refractivity contribution < 1.29 is 23.9 Å². The van der Waals surface area contributed by atoms with Gasteiger partial charge in [-0.15, -0.1) is 0 Å². The van der Waals surface area contributed by atoms with Crippen molar-refractivity contribution in [1.82, 2.24) is 0 Å². The summed E-state index contributed by atoms with van der Waals surface area (Å²) in [5, 5.41) is -0.815. The average Bonchev–Trinajstić information content (AvgIpc) is 2.68. The maximum atomic E-state index is 11.6. The van der Waals surface area contributed by atoms with E-state index in [1.165, 1.54) is 18.2 Å². The molecular formula is C13H8ClNO5. The van der Waals surface area contributed by atoms with E-state index in [2.05, 4.69) is 0 Å². The lowest BCUT2D eigenvalue weighted by Crippen LogP contribution is -2.29. The summed E-state index contributed by atoms with van der Waals surface area (Å²) < 4.78 is 4.86. The van der Waals surface area contributed by atoms with Gasteiger partial charge in [0.05, 0.1) is 11.3 Å². The Labute approximate surface area is 118 Å². The molecule has 0 saturated heterocycles. The number of amides is 2. The van der Waals surface area contributed by atoms with Crippen LogP contribution in [0.1, 0.15) is 17.3 Å². The number of rotatable bonds is 3. The lowest BCUT2D eigenvalue weighted by atomic mass is 10.2. The summed E-state index contributed by atoms with van der Waals surface area (Å²) >= 11 is 5.37. The number of nitrogens with zero attached hydrogens (tertiary/aromatic N) is 1. The standard InChI is InChI=1S/C13H8ClNO5/c1-7(16)20-10-6-8(2-3-9(10)13(14)19)15-11(17)4-5-12(15)18/h2-6H,1H3. The minimum Gasteiger partial charge on any atom is -0.426 e. The van der Waals surface area contributed by atoms with Crippen molar-refractivity contribution in [3.05, 3.63) is 35.9 Å². The zero-order valence-corrected chi connectivity index (χ0v) is 11.0. The molecule has 0 radical (unpaired) electrons. The van der Waals surface area contributed by atoms with Crippen LogP contribution in [-0.4, -0.2) is 23.0 Å². The molecule has 0 atom stereocenters. The second kappa shape index (κ2) is 5.26. The van der Waals surface area contributed by atoms with E-state index in [-0.39, 0.29) is 17.0 Å². The predicted molar refractivity (Wildman–Crippen MR) is 69.6 cm³/mol. The summed E-state index contributed by atoms with van der Waals surface area (Å²) in [4.78, 5) is 46.2. The number of halogens is 1. The van der Waals surface area contributed by atoms with Gasteiger partial charge in [-0.05, 0) is 23.7 Å². The normalized spacial score (nSPS) is 13.8.